The summed E-state index contributed by atoms with van der Waals surface area (Å²) in [6.45, 7) is 26.6. The van der Waals surface area contributed by atoms with Gasteiger partial charge in [-0.15, -0.1) is 16.0 Å². The summed E-state index contributed by atoms with van der Waals surface area (Å²) in [5.74, 6) is -1.93. The molecule has 0 aliphatic carbocycles. The molecule has 3 rings (SSSR count). The SMILES string of the molecule is Cn1c2ccc(OCC(O/N=C(\C(=O)O)c3csc(NC(=O)OC(C)(C)C)n3)C(=O)OC(C)(C)C)cc2c[n+]1CC(CNC(=O)OC(C)(C)C)O[Si](C)(C)C(C)(C)C. The van der Waals surface area contributed by atoms with Gasteiger partial charge in [0.2, 0.25) is 11.9 Å². The monoisotopic (exact) mass is 849 g/mol. The first kappa shape index (κ1) is 47.6. The van der Waals surface area contributed by atoms with Crippen LogP contribution >= 0.6 is 11.3 Å². The van der Waals surface area contributed by atoms with E-state index in [2.05, 4.69) is 54.6 Å². The Balaban J connectivity index is 1.85. The van der Waals surface area contributed by atoms with Crippen molar-refractivity contribution < 1.29 is 57.2 Å². The van der Waals surface area contributed by atoms with Gasteiger partial charge in [0.05, 0.1) is 19.0 Å². The summed E-state index contributed by atoms with van der Waals surface area (Å²) >= 11 is 0.951. The fraction of sp³-hybridized carbons (Fsp3) is 0.615. The molecular formula is C39H61N6O11SSi+. The summed E-state index contributed by atoms with van der Waals surface area (Å²) in [7, 11) is -0.339. The van der Waals surface area contributed by atoms with Gasteiger partial charge in [-0.2, -0.15) is 4.68 Å². The second kappa shape index (κ2) is 18.4. The third kappa shape index (κ3) is 14.9. The lowest BCUT2D eigenvalue weighted by atomic mass is 10.2. The highest BCUT2D eigenvalue weighted by Gasteiger charge is 2.40. The van der Waals surface area contributed by atoms with Crippen LogP contribution in [0.3, 0.4) is 0 Å². The van der Waals surface area contributed by atoms with Crippen molar-refractivity contribution >= 4 is 65.5 Å². The summed E-state index contributed by atoms with van der Waals surface area (Å²) in [5.41, 5.74) is -2.17. The minimum atomic E-state index is -2.25. The topological polar surface area (TPSA) is 202 Å². The van der Waals surface area contributed by atoms with E-state index in [4.69, 9.17) is 28.2 Å². The number of anilines is 1. The van der Waals surface area contributed by atoms with Crippen LogP contribution in [-0.2, 0) is 46.7 Å². The van der Waals surface area contributed by atoms with Crippen molar-refractivity contribution in [2.45, 2.75) is 137 Å². The number of carbonyl (C=O) groups is 4. The number of esters is 1. The zero-order chi connectivity index (χ0) is 44.0. The number of nitrogens with one attached hydrogen (secondary N) is 2. The lowest BCUT2D eigenvalue weighted by Gasteiger charge is -2.38. The number of carbonyl (C=O) groups excluding carboxylic acids is 3. The van der Waals surface area contributed by atoms with E-state index in [1.807, 2.05) is 49.4 Å². The maximum absolute atomic E-state index is 13.3. The molecule has 2 atom stereocenters. The van der Waals surface area contributed by atoms with Crippen LogP contribution in [-0.4, -0.2) is 95.1 Å². The molecule has 0 radical (unpaired) electrons. The predicted octanol–water partition coefficient (Wildman–Crippen LogP) is 6.78. The number of oxime groups is 1. The van der Waals surface area contributed by atoms with Gasteiger partial charge in [-0.1, -0.05) is 25.9 Å². The number of carboxylic acid groups (broad SMARTS) is 1. The Bertz CT molecular complexity index is 1970. The van der Waals surface area contributed by atoms with E-state index < -0.39 is 61.1 Å². The van der Waals surface area contributed by atoms with Gasteiger partial charge in [-0.25, -0.2) is 24.2 Å². The first-order chi connectivity index (χ1) is 26.4. The smallest absolute Gasteiger partial charge is 0.413 e. The summed E-state index contributed by atoms with van der Waals surface area (Å²) in [6.07, 6.45) is -1.21. The van der Waals surface area contributed by atoms with E-state index >= 15 is 0 Å². The van der Waals surface area contributed by atoms with Crippen molar-refractivity contribution in [3.05, 3.63) is 35.5 Å². The molecule has 3 N–H and O–H groups in total. The number of fused-ring (bicyclic) bond motifs is 1. The van der Waals surface area contributed by atoms with E-state index in [9.17, 15) is 24.3 Å². The van der Waals surface area contributed by atoms with Gasteiger partial charge in [0.25, 0.3) is 6.10 Å². The molecule has 0 fully saturated rings. The number of carboxylic acids is 1. The molecule has 0 aliphatic heterocycles. The number of ether oxygens (including phenoxy) is 4. The first-order valence-electron chi connectivity index (χ1n) is 18.9. The van der Waals surface area contributed by atoms with Crippen LogP contribution in [0.2, 0.25) is 18.1 Å². The average Bonchev–Trinajstić information content (AvgIpc) is 3.61. The Morgan fingerprint density at radius 1 is 0.931 bits per heavy atom. The molecule has 2 heterocycles. The van der Waals surface area contributed by atoms with E-state index in [0.29, 0.717) is 12.3 Å². The number of alkyl carbamates (subject to hydrolysis) is 1. The van der Waals surface area contributed by atoms with Crippen molar-refractivity contribution in [2.75, 3.05) is 18.5 Å². The molecule has 0 bridgehead atoms. The zero-order valence-corrected chi connectivity index (χ0v) is 38.2. The lowest BCUT2D eigenvalue weighted by Crippen LogP contribution is -2.54. The number of hydrogen-bond donors (Lipinski definition) is 3. The first-order valence-corrected chi connectivity index (χ1v) is 22.6. The Morgan fingerprint density at radius 2 is 1.53 bits per heavy atom. The number of nitrogens with zero attached hydrogens (tertiary/aromatic N) is 4. The van der Waals surface area contributed by atoms with Crippen LogP contribution < -0.4 is 20.1 Å². The maximum Gasteiger partial charge on any atom is 0.413 e. The summed E-state index contributed by atoms with van der Waals surface area (Å²) in [6, 6.07) is 5.38. The quantitative estimate of drug-likeness (QED) is 0.0362. The molecule has 2 amide bonds. The third-order valence-electron chi connectivity index (χ3n) is 8.45. The summed E-state index contributed by atoms with van der Waals surface area (Å²) in [4.78, 5) is 59.9. The highest BCUT2D eigenvalue weighted by atomic mass is 32.1. The number of benzene rings is 1. The lowest BCUT2D eigenvalue weighted by molar-refractivity contribution is -0.775. The Hall–Kier alpha value is -4.75. The van der Waals surface area contributed by atoms with Gasteiger partial charge < -0.3 is 38.6 Å². The van der Waals surface area contributed by atoms with Gasteiger partial charge in [-0.3, -0.25) is 5.32 Å². The average molecular weight is 850 g/mol. The van der Waals surface area contributed by atoms with Crippen LogP contribution in [0.25, 0.3) is 10.9 Å². The van der Waals surface area contributed by atoms with Gasteiger partial charge in [0.1, 0.15) is 46.5 Å². The predicted molar refractivity (Wildman–Crippen MR) is 222 cm³/mol. The molecule has 2 aromatic heterocycles. The Morgan fingerprint density at radius 3 is 2.10 bits per heavy atom. The fourth-order valence-corrected chi connectivity index (χ4v) is 6.89. The van der Waals surface area contributed by atoms with Crippen LogP contribution in [0.15, 0.2) is 34.9 Å². The molecule has 2 unspecified atom stereocenters. The number of hydrogen-bond acceptors (Lipinski definition) is 13. The van der Waals surface area contributed by atoms with Gasteiger partial charge in [0, 0.05) is 5.38 Å². The molecule has 0 spiro atoms. The molecule has 1 aromatic carbocycles. The number of aromatic nitrogens is 3. The third-order valence-corrected chi connectivity index (χ3v) is 13.7. The van der Waals surface area contributed by atoms with E-state index in [0.717, 1.165) is 22.2 Å². The van der Waals surface area contributed by atoms with Crippen LogP contribution in [0.1, 0.15) is 88.8 Å². The molecule has 0 aliphatic rings. The number of aryl methyl sites for hydroxylation is 1. The van der Waals surface area contributed by atoms with Crippen LogP contribution in [0, 0.1) is 0 Å². The van der Waals surface area contributed by atoms with Crippen molar-refractivity contribution in [3.8, 4) is 5.75 Å². The number of rotatable bonds is 15. The molecule has 17 nitrogen and oxygen atoms in total. The zero-order valence-electron chi connectivity index (χ0n) is 36.4. The highest BCUT2D eigenvalue weighted by molar-refractivity contribution is 7.14. The van der Waals surface area contributed by atoms with Gasteiger partial charge >= 0.3 is 24.1 Å². The Kier molecular flexibility index (Phi) is 15.1. The van der Waals surface area contributed by atoms with E-state index in [1.165, 1.54) is 5.38 Å². The molecule has 19 heteroatoms. The molecule has 0 saturated carbocycles. The van der Waals surface area contributed by atoms with Crippen molar-refractivity contribution in [2.24, 2.45) is 12.2 Å². The summed E-state index contributed by atoms with van der Waals surface area (Å²) < 4.78 is 33.0. The van der Waals surface area contributed by atoms with E-state index in [1.54, 1.807) is 53.7 Å². The fourth-order valence-electron chi connectivity index (χ4n) is 4.86. The molecular weight excluding hydrogens is 789 g/mol. The maximum atomic E-state index is 13.3. The van der Waals surface area contributed by atoms with Crippen molar-refractivity contribution in [1.82, 2.24) is 15.0 Å². The van der Waals surface area contributed by atoms with Gasteiger partial charge in [0.15, 0.2) is 20.0 Å². The number of amides is 2. The number of thiazole rings is 1. The largest absolute Gasteiger partial charge is 0.489 e. The van der Waals surface area contributed by atoms with Crippen LogP contribution in [0.5, 0.6) is 5.75 Å². The second-order valence-corrected chi connectivity index (χ2v) is 23.8. The second-order valence-electron chi connectivity index (χ2n) is 18.2. The molecule has 0 saturated heterocycles. The highest BCUT2D eigenvalue weighted by Crippen LogP contribution is 2.37. The van der Waals surface area contributed by atoms with E-state index in [-0.39, 0.29) is 35.1 Å². The summed E-state index contributed by atoms with van der Waals surface area (Å²) in [5, 5.41) is 21.2. The molecule has 3 aromatic rings. The molecule has 58 heavy (non-hydrogen) atoms. The molecule has 322 valence electrons. The Labute approximate surface area is 345 Å². The standard InChI is InChI=1S/C39H60N6O11SSi/c1-36(2,3)52-32(48)29(55-43-30(31(46)47)27-23-57-33(41-27)42-35(50)54-38(7,8)9)22-51-25-16-17-28-24(18-25)20-45(44(28)13)21-26(56-58(14,15)39(10,11)12)19-40-34(49)53-37(4,5)6/h16-18,20,23,26,29H,19,21-22H2,1-15H3,(H2-,40,41,42,46,47,49,50)/p+1/b43-30-. The number of aliphatic carboxylic acids is 1. The van der Waals surface area contributed by atoms with Crippen molar-refractivity contribution in [3.63, 3.8) is 0 Å². The van der Waals surface area contributed by atoms with Gasteiger partial charge in [-0.05, 0) is 98.6 Å². The minimum absolute atomic E-state index is 0.0685. The van der Waals surface area contributed by atoms with Crippen molar-refractivity contribution in [1.29, 1.82) is 0 Å². The van der Waals surface area contributed by atoms with Crippen LogP contribution in [0.4, 0.5) is 14.7 Å². The normalized spacial score (nSPS) is 14.0. The minimum Gasteiger partial charge on any atom is -0.489 e.